The zero-order valence-electron chi connectivity index (χ0n) is 28.7. The minimum atomic E-state index is -1.06. The molecule has 1 heterocycles. The first-order valence-corrected chi connectivity index (χ1v) is 15.8. The van der Waals surface area contributed by atoms with Crippen molar-refractivity contribution in [1.82, 2.24) is 26.2 Å². The number of likely N-dealkylation sites (tertiary alicyclic amines) is 1. The van der Waals surface area contributed by atoms with Crippen molar-refractivity contribution in [3.8, 4) is 0 Å². The molecule has 4 N–H and O–H groups in total. The van der Waals surface area contributed by atoms with Crippen LogP contribution in [-0.4, -0.2) is 71.2 Å². The largest absolute Gasteiger partial charge is 0.349 e. The second-order valence-corrected chi connectivity index (χ2v) is 16.0. The third-order valence-electron chi connectivity index (χ3n) is 8.72. The number of hydrogen-bond donors (Lipinski definition) is 4. The highest BCUT2D eigenvalue weighted by atomic mass is 16.2. The summed E-state index contributed by atoms with van der Waals surface area (Å²) in [6.07, 6.45) is 5.12. The van der Waals surface area contributed by atoms with Crippen LogP contribution in [0.15, 0.2) is 25.3 Å². The summed E-state index contributed by atoms with van der Waals surface area (Å²) in [5.74, 6) is -2.34. The van der Waals surface area contributed by atoms with Crippen LogP contribution < -0.4 is 21.3 Å². The van der Waals surface area contributed by atoms with Crippen molar-refractivity contribution < 1.29 is 24.0 Å². The number of carbonyl (C=O) groups excluding carboxylic acids is 5. The topological polar surface area (TPSA) is 137 Å². The van der Waals surface area contributed by atoms with Gasteiger partial charge < -0.3 is 26.2 Å². The van der Waals surface area contributed by atoms with Crippen LogP contribution in [0.4, 0.5) is 4.79 Å². The van der Waals surface area contributed by atoms with Gasteiger partial charge in [-0.05, 0) is 67.6 Å². The van der Waals surface area contributed by atoms with E-state index in [1.807, 2.05) is 34.6 Å². The minimum absolute atomic E-state index is 0.0167. The summed E-state index contributed by atoms with van der Waals surface area (Å²) in [5, 5.41) is 11.3. The molecule has 1 saturated carbocycles. The normalized spacial score (nSPS) is 22.1. The Balaban J connectivity index is 2.30. The van der Waals surface area contributed by atoms with E-state index in [9.17, 15) is 24.0 Å². The molecular weight excluding hydrogens is 558 g/mol. The van der Waals surface area contributed by atoms with Crippen molar-refractivity contribution in [2.24, 2.45) is 28.1 Å². The van der Waals surface area contributed by atoms with Crippen LogP contribution in [0.3, 0.4) is 0 Å². The molecule has 0 bridgehead atoms. The number of hydrogen-bond acceptors (Lipinski definition) is 5. The van der Waals surface area contributed by atoms with Crippen molar-refractivity contribution >= 4 is 29.5 Å². The number of amides is 5. The average molecular weight is 616 g/mol. The first-order chi connectivity index (χ1) is 20.1. The van der Waals surface area contributed by atoms with Crippen LogP contribution in [0, 0.1) is 28.1 Å². The van der Waals surface area contributed by atoms with E-state index in [0.717, 1.165) is 6.42 Å². The van der Waals surface area contributed by atoms with Gasteiger partial charge in [-0.25, -0.2) is 4.79 Å². The van der Waals surface area contributed by atoms with Gasteiger partial charge in [0.05, 0.1) is 6.04 Å². The van der Waals surface area contributed by atoms with Crippen molar-refractivity contribution in [1.29, 1.82) is 0 Å². The summed E-state index contributed by atoms with van der Waals surface area (Å²) < 4.78 is 0. The fourth-order valence-corrected chi connectivity index (χ4v) is 6.82. The van der Waals surface area contributed by atoms with E-state index < -0.39 is 52.7 Å². The number of carbonyl (C=O) groups is 5. The number of rotatable bonds is 14. The SMILES string of the molecule is C=CCCNC(=O)C(=O)[C@@H](CCC=C)NC(=O)[C@@H]1C2C(CN1C(=O)[C@@H](NC(=O)NC(C)(C)CC(C)(C)C)C(C)(C)C)C2(C)C. The molecule has 10 heteroatoms. The Morgan fingerprint density at radius 1 is 0.932 bits per heavy atom. The number of allylic oxidation sites excluding steroid dienone is 1. The van der Waals surface area contributed by atoms with Gasteiger partial charge in [-0.2, -0.15) is 0 Å². The van der Waals surface area contributed by atoms with Gasteiger partial charge in [0.25, 0.3) is 5.91 Å². The van der Waals surface area contributed by atoms with Gasteiger partial charge in [-0.15, -0.1) is 13.2 Å². The Morgan fingerprint density at radius 2 is 1.52 bits per heavy atom. The van der Waals surface area contributed by atoms with Crippen LogP contribution in [0.1, 0.15) is 94.9 Å². The summed E-state index contributed by atoms with van der Waals surface area (Å²) in [6, 6.07) is -3.25. The highest BCUT2D eigenvalue weighted by Crippen LogP contribution is 2.65. The van der Waals surface area contributed by atoms with Crippen LogP contribution in [0.2, 0.25) is 0 Å². The molecule has 44 heavy (non-hydrogen) atoms. The summed E-state index contributed by atoms with van der Waals surface area (Å²) in [5.41, 5.74) is -1.35. The predicted molar refractivity (Wildman–Crippen MR) is 174 cm³/mol. The second kappa shape index (κ2) is 13.9. The molecule has 0 aromatic carbocycles. The first kappa shape index (κ1) is 37.0. The number of nitrogens with zero attached hydrogens (tertiary/aromatic N) is 1. The van der Waals surface area contributed by atoms with Gasteiger partial charge in [0.2, 0.25) is 17.6 Å². The Bertz CT molecular complexity index is 1130. The highest BCUT2D eigenvalue weighted by Gasteiger charge is 2.70. The number of Topliss-reactive ketones (excluding diaryl/α,β-unsaturated/α-hetero) is 1. The molecule has 2 unspecified atom stereocenters. The summed E-state index contributed by atoms with van der Waals surface area (Å²) in [6.45, 7) is 27.9. The molecule has 248 valence electrons. The van der Waals surface area contributed by atoms with Gasteiger partial charge in [0.15, 0.2) is 0 Å². The third kappa shape index (κ3) is 9.41. The number of nitrogens with one attached hydrogen (secondary N) is 4. The quantitative estimate of drug-likeness (QED) is 0.132. The molecule has 5 atom stereocenters. The standard InChI is InChI=1S/C34H57N5O5/c1-13-15-17-22(25(40)28(42)35-18-16-14-2)36-27(41)24-23-21(34(23,11)12)19-39(24)29(43)26(32(6,7)8)37-30(44)38-33(9,10)20-31(3,4)5/h13-14,21-24,26H,1-2,15-20H2,3-12H3,(H,35,42)(H,36,41)(H2,37,38,44)/t21?,22-,23?,24+,26-/m1/s1. The molecule has 1 aliphatic carbocycles. The fraction of sp³-hybridized carbons (Fsp3) is 0.735. The maximum Gasteiger partial charge on any atom is 0.315 e. The molecule has 2 fully saturated rings. The maximum absolute atomic E-state index is 14.2. The number of fused-ring (bicyclic) bond motifs is 1. The molecule has 0 aromatic heterocycles. The Labute approximate surface area is 264 Å². The number of urea groups is 1. The molecule has 0 spiro atoms. The Hall–Kier alpha value is -3.17. The Kier molecular flexibility index (Phi) is 11.7. The van der Waals surface area contributed by atoms with Crippen molar-refractivity contribution in [3.63, 3.8) is 0 Å². The van der Waals surface area contributed by atoms with Crippen LogP contribution in [0.5, 0.6) is 0 Å². The molecule has 2 aliphatic rings. The number of ketones is 1. The van der Waals surface area contributed by atoms with Gasteiger partial charge >= 0.3 is 6.03 Å². The lowest BCUT2D eigenvalue weighted by Crippen LogP contribution is -2.62. The van der Waals surface area contributed by atoms with Gasteiger partial charge in [-0.3, -0.25) is 19.2 Å². The van der Waals surface area contributed by atoms with E-state index in [2.05, 4.69) is 69.0 Å². The average Bonchev–Trinajstić information content (AvgIpc) is 3.19. The summed E-state index contributed by atoms with van der Waals surface area (Å²) in [4.78, 5) is 68.6. The molecule has 5 amide bonds. The van der Waals surface area contributed by atoms with Gasteiger partial charge in [0, 0.05) is 18.6 Å². The van der Waals surface area contributed by atoms with E-state index >= 15 is 0 Å². The third-order valence-corrected chi connectivity index (χ3v) is 8.72. The van der Waals surface area contributed by atoms with E-state index in [0.29, 0.717) is 19.4 Å². The zero-order chi connectivity index (χ0) is 33.8. The lowest BCUT2D eigenvalue weighted by atomic mass is 9.82. The molecule has 0 aromatic rings. The monoisotopic (exact) mass is 615 g/mol. The number of piperidine rings is 1. The van der Waals surface area contributed by atoms with Gasteiger partial charge in [0.1, 0.15) is 12.1 Å². The van der Waals surface area contributed by atoms with Crippen LogP contribution >= 0.6 is 0 Å². The minimum Gasteiger partial charge on any atom is -0.349 e. The summed E-state index contributed by atoms with van der Waals surface area (Å²) >= 11 is 0. The molecule has 1 saturated heterocycles. The summed E-state index contributed by atoms with van der Waals surface area (Å²) in [7, 11) is 0. The smallest absolute Gasteiger partial charge is 0.315 e. The van der Waals surface area contributed by atoms with E-state index in [1.165, 1.54) is 0 Å². The van der Waals surface area contributed by atoms with E-state index in [4.69, 9.17) is 0 Å². The Morgan fingerprint density at radius 3 is 2.05 bits per heavy atom. The molecule has 1 aliphatic heterocycles. The second-order valence-electron chi connectivity index (χ2n) is 16.0. The van der Waals surface area contributed by atoms with Crippen LogP contribution in [-0.2, 0) is 19.2 Å². The van der Waals surface area contributed by atoms with Crippen LogP contribution in [0.25, 0.3) is 0 Å². The fourth-order valence-electron chi connectivity index (χ4n) is 6.82. The first-order valence-electron chi connectivity index (χ1n) is 15.8. The molecule has 0 radical (unpaired) electrons. The van der Waals surface area contributed by atoms with Crippen molar-refractivity contribution in [3.05, 3.63) is 25.3 Å². The van der Waals surface area contributed by atoms with E-state index in [-0.39, 0.29) is 41.5 Å². The molecule has 2 rings (SSSR count). The molecule has 10 nitrogen and oxygen atoms in total. The molecular formula is C34H57N5O5. The highest BCUT2D eigenvalue weighted by molar-refractivity contribution is 6.38. The van der Waals surface area contributed by atoms with Crippen molar-refractivity contribution in [2.45, 2.75) is 119 Å². The van der Waals surface area contributed by atoms with Gasteiger partial charge in [-0.1, -0.05) is 67.5 Å². The zero-order valence-corrected chi connectivity index (χ0v) is 28.7. The maximum atomic E-state index is 14.2. The van der Waals surface area contributed by atoms with Crippen molar-refractivity contribution in [2.75, 3.05) is 13.1 Å². The van der Waals surface area contributed by atoms with E-state index in [1.54, 1.807) is 17.1 Å². The lowest BCUT2D eigenvalue weighted by Gasteiger charge is -2.39. The predicted octanol–water partition coefficient (Wildman–Crippen LogP) is 4.11. The lowest BCUT2D eigenvalue weighted by molar-refractivity contribution is -0.145.